The van der Waals surface area contributed by atoms with Gasteiger partial charge in [-0.1, -0.05) is 46.6 Å². The Morgan fingerprint density at radius 3 is 2.40 bits per heavy atom. The monoisotopic (exact) mass is 371 g/mol. The number of rotatable bonds is 5. The Morgan fingerprint density at radius 1 is 1.25 bits per heavy atom. The molecule has 0 radical (unpaired) electrons. The van der Waals surface area contributed by atoms with Crippen molar-refractivity contribution in [1.29, 1.82) is 0 Å². The molecule has 2 aromatic rings. The molecule has 1 atom stereocenters. The number of nitrogens with one attached hydrogen (secondary N) is 1. The molecule has 108 valence electrons. The van der Waals surface area contributed by atoms with Crippen LogP contribution in [0.2, 0.25) is 4.34 Å². The maximum Gasteiger partial charge on any atom is 0.0931 e. The van der Waals surface area contributed by atoms with E-state index in [2.05, 4.69) is 60.2 Å². The van der Waals surface area contributed by atoms with E-state index in [9.17, 15) is 0 Å². The molecule has 1 aromatic carbocycles. The van der Waals surface area contributed by atoms with Gasteiger partial charge in [0.25, 0.3) is 0 Å². The van der Waals surface area contributed by atoms with E-state index in [1.807, 2.05) is 6.07 Å². The van der Waals surface area contributed by atoms with Crippen LogP contribution >= 0.6 is 38.9 Å². The summed E-state index contributed by atoms with van der Waals surface area (Å²) in [4.78, 5) is 1.32. The average Bonchev–Trinajstić information content (AvgIpc) is 2.80. The number of halogens is 2. The van der Waals surface area contributed by atoms with Crippen LogP contribution in [-0.4, -0.2) is 6.54 Å². The quantitative estimate of drug-likeness (QED) is 0.712. The molecule has 0 aliphatic rings. The fraction of sp³-hybridized carbons (Fsp3) is 0.375. The molecular formula is C16H19BrClNS. The first-order valence-electron chi connectivity index (χ1n) is 6.75. The minimum Gasteiger partial charge on any atom is -0.310 e. The van der Waals surface area contributed by atoms with Crippen molar-refractivity contribution in [2.24, 2.45) is 0 Å². The Bertz CT molecular complexity index is 571. The lowest BCUT2D eigenvalue weighted by atomic mass is 9.98. The van der Waals surface area contributed by atoms with E-state index in [1.54, 1.807) is 11.3 Å². The zero-order valence-corrected chi connectivity index (χ0v) is 15.1. The van der Waals surface area contributed by atoms with Crippen molar-refractivity contribution in [2.75, 3.05) is 6.54 Å². The molecule has 0 aliphatic heterocycles. The molecule has 2 rings (SSSR count). The fourth-order valence-electron chi connectivity index (χ4n) is 2.40. The Kier molecular flexibility index (Phi) is 5.67. The fourth-order valence-corrected chi connectivity index (χ4v) is 3.76. The molecule has 0 bridgehead atoms. The van der Waals surface area contributed by atoms with E-state index in [0.717, 1.165) is 17.3 Å². The molecule has 1 unspecified atom stereocenters. The van der Waals surface area contributed by atoms with Gasteiger partial charge in [0.15, 0.2) is 0 Å². The molecule has 4 heteroatoms. The largest absolute Gasteiger partial charge is 0.310 e. The van der Waals surface area contributed by atoms with Gasteiger partial charge >= 0.3 is 0 Å². The number of aryl methyl sites for hydroxylation is 2. The third-order valence-corrected chi connectivity index (χ3v) is 5.85. The Balaban J connectivity index is 2.28. The summed E-state index contributed by atoms with van der Waals surface area (Å²) < 4.78 is 2.06. The van der Waals surface area contributed by atoms with Gasteiger partial charge in [-0.15, -0.1) is 11.3 Å². The summed E-state index contributed by atoms with van der Waals surface area (Å²) in [5, 5.41) is 3.58. The van der Waals surface area contributed by atoms with Gasteiger partial charge in [-0.05, 0) is 49.2 Å². The molecule has 20 heavy (non-hydrogen) atoms. The summed E-state index contributed by atoms with van der Waals surface area (Å²) in [7, 11) is 0. The highest BCUT2D eigenvalue weighted by atomic mass is 79.9. The third kappa shape index (κ3) is 3.85. The number of likely N-dealkylation sites (N-methyl/N-ethyl adjacent to an activating group) is 1. The lowest BCUT2D eigenvalue weighted by molar-refractivity contribution is 0.552. The van der Waals surface area contributed by atoms with Crippen molar-refractivity contribution in [3.8, 4) is 0 Å². The highest BCUT2D eigenvalue weighted by Crippen LogP contribution is 2.30. The zero-order valence-electron chi connectivity index (χ0n) is 12.0. The normalized spacial score (nSPS) is 12.7. The predicted octanol–water partition coefficient (Wildman–Crippen LogP) is 5.67. The van der Waals surface area contributed by atoms with Crippen molar-refractivity contribution in [2.45, 2.75) is 33.2 Å². The van der Waals surface area contributed by atoms with Crippen molar-refractivity contribution in [1.82, 2.24) is 5.32 Å². The minimum absolute atomic E-state index is 0.334. The topological polar surface area (TPSA) is 12.0 Å². The molecular weight excluding hydrogens is 354 g/mol. The Labute approximate surface area is 138 Å². The number of benzene rings is 1. The molecule has 1 heterocycles. The van der Waals surface area contributed by atoms with Crippen LogP contribution in [0.25, 0.3) is 0 Å². The van der Waals surface area contributed by atoms with E-state index >= 15 is 0 Å². The molecule has 0 spiro atoms. The first kappa shape index (κ1) is 16.0. The van der Waals surface area contributed by atoms with Gasteiger partial charge < -0.3 is 5.32 Å². The number of hydrogen-bond acceptors (Lipinski definition) is 2. The first-order valence-corrected chi connectivity index (χ1v) is 8.74. The maximum absolute atomic E-state index is 6.03. The molecule has 0 saturated heterocycles. The SMILES string of the molecule is CCNC(Cc1ccc(Cl)s1)c1cc(C)c(Br)c(C)c1. The van der Waals surface area contributed by atoms with Gasteiger partial charge in [-0.2, -0.15) is 0 Å². The van der Waals surface area contributed by atoms with E-state index in [4.69, 9.17) is 11.6 Å². The van der Waals surface area contributed by atoms with Gasteiger partial charge in [0.05, 0.1) is 4.34 Å². The summed E-state index contributed by atoms with van der Waals surface area (Å²) in [5.41, 5.74) is 3.91. The van der Waals surface area contributed by atoms with Crippen molar-refractivity contribution in [3.63, 3.8) is 0 Å². The van der Waals surface area contributed by atoms with Crippen LogP contribution in [-0.2, 0) is 6.42 Å². The molecule has 0 saturated carbocycles. The van der Waals surface area contributed by atoms with E-state index in [1.165, 1.54) is 26.0 Å². The second-order valence-electron chi connectivity index (χ2n) is 4.99. The smallest absolute Gasteiger partial charge is 0.0931 e. The molecule has 0 aliphatic carbocycles. The lowest BCUT2D eigenvalue weighted by Gasteiger charge is -2.19. The average molecular weight is 373 g/mol. The maximum atomic E-state index is 6.03. The van der Waals surface area contributed by atoms with Crippen LogP contribution in [0.15, 0.2) is 28.7 Å². The number of thiophene rings is 1. The van der Waals surface area contributed by atoms with Crippen LogP contribution < -0.4 is 5.32 Å². The standard InChI is InChI=1S/C16H19BrClNS/c1-4-19-14(9-13-5-6-15(18)20-13)12-7-10(2)16(17)11(3)8-12/h5-8,14,19H,4,9H2,1-3H3. The predicted molar refractivity (Wildman–Crippen MR) is 93.1 cm³/mol. The van der Waals surface area contributed by atoms with Gasteiger partial charge in [0.2, 0.25) is 0 Å². The lowest BCUT2D eigenvalue weighted by Crippen LogP contribution is -2.22. The van der Waals surface area contributed by atoms with Gasteiger partial charge in [-0.25, -0.2) is 0 Å². The minimum atomic E-state index is 0.334. The molecule has 0 amide bonds. The summed E-state index contributed by atoms with van der Waals surface area (Å²) in [5.74, 6) is 0. The van der Waals surface area contributed by atoms with Crippen molar-refractivity contribution >= 4 is 38.9 Å². The van der Waals surface area contributed by atoms with Gasteiger partial charge in [0.1, 0.15) is 0 Å². The number of hydrogen-bond donors (Lipinski definition) is 1. The molecule has 1 N–H and O–H groups in total. The summed E-state index contributed by atoms with van der Waals surface area (Å²) in [6, 6.07) is 8.96. The highest BCUT2D eigenvalue weighted by Gasteiger charge is 2.14. The van der Waals surface area contributed by atoms with E-state index < -0.39 is 0 Å². The molecule has 0 fully saturated rings. The first-order chi connectivity index (χ1) is 9.51. The van der Waals surface area contributed by atoms with Gasteiger partial charge in [0, 0.05) is 21.8 Å². The van der Waals surface area contributed by atoms with E-state index in [0.29, 0.717) is 6.04 Å². The van der Waals surface area contributed by atoms with Crippen molar-refractivity contribution in [3.05, 3.63) is 54.6 Å². The summed E-state index contributed by atoms with van der Waals surface area (Å²) >= 11 is 11.3. The summed E-state index contributed by atoms with van der Waals surface area (Å²) in [6.45, 7) is 7.39. The van der Waals surface area contributed by atoms with E-state index in [-0.39, 0.29) is 0 Å². The van der Waals surface area contributed by atoms with Crippen LogP contribution in [0.1, 0.15) is 34.5 Å². The van der Waals surface area contributed by atoms with Crippen molar-refractivity contribution < 1.29 is 0 Å². The van der Waals surface area contributed by atoms with Crippen LogP contribution in [0.3, 0.4) is 0 Å². The molecule has 1 aromatic heterocycles. The zero-order chi connectivity index (χ0) is 14.7. The van der Waals surface area contributed by atoms with Gasteiger partial charge in [-0.3, -0.25) is 0 Å². The highest BCUT2D eigenvalue weighted by molar-refractivity contribution is 9.10. The third-order valence-electron chi connectivity index (χ3n) is 3.35. The second-order valence-corrected chi connectivity index (χ2v) is 7.58. The second kappa shape index (κ2) is 7.08. The van der Waals surface area contributed by atoms with Crippen LogP contribution in [0.5, 0.6) is 0 Å². The molecule has 1 nitrogen and oxygen atoms in total. The van der Waals surface area contributed by atoms with Crippen LogP contribution in [0.4, 0.5) is 0 Å². The van der Waals surface area contributed by atoms with Crippen LogP contribution in [0, 0.1) is 13.8 Å². The summed E-state index contributed by atoms with van der Waals surface area (Å²) in [6.07, 6.45) is 0.978. The Hall–Kier alpha value is -0.350. The Morgan fingerprint density at radius 2 is 1.90 bits per heavy atom.